The molecule has 4 nitrogen and oxygen atoms in total. The lowest BCUT2D eigenvalue weighted by Crippen LogP contribution is -2.28. The molecule has 0 heterocycles. The van der Waals surface area contributed by atoms with E-state index in [1.165, 1.54) is 5.56 Å². The van der Waals surface area contributed by atoms with Crippen LogP contribution in [0.1, 0.15) is 5.56 Å². The van der Waals surface area contributed by atoms with Gasteiger partial charge in [-0.2, -0.15) is 0 Å². The van der Waals surface area contributed by atoms with E-state index in [4.69, 9.17) is 12.5 Å². The first-order valence-corrected chi connectivity index (χ1v) is 5.82. The fourth-order valence-electron chi connectivity index (χ4n) is 1.23. The van der Waals surface area contributed by atoms with E-state index < -0.39 is 0 Å². The van der Waals surface area contributed by atoms with Crippen molar-refractivity contribution < 1.29 is 12.5 Å². The molecule has 1 atom stereocenters. The van der Waals surface area contributed by atoms with Crippen molar-refractivity contribution in [2.45, 2.75) is 12.8 Å². The van der Waals surface area contributed by atoms with Gasteiger partial charge in [0.25, 0.3) is 0 Å². The number of hydrogen-bond acceptors (Lipinski definition) is 4. The van der Waals surface area contributed by atoms with Gasteiger partial charge in [-0.05, 0) is 17.7 Å². The van der Waals surface area contributed by atoms with Crippen molar-refractivity contribution in [2.75, 3.05) is 20.8 Å². The van der Waals surface area contributed by atoms with Crippen LogP contribution in [-0.2, 0) is 14.3 Å². The molecule has 0 aliphatic heterocycles. The summed E-state index contributed by atoms with van der Waals surface area (Å²) in [6.45, 7) is 1.44. The number of nitrogens with one attached hydrogen (secondary N) is 1. The summed E-state index contributed by atoms with van der Waals surface area (Å²) < 4.78 is 15.2. The van der Waals surface area contributed by atoms with E-state index in [-0.39, 0.29) is 6.29 Å². The van der Waals surface area contributed by atoms with Crippen molar-refractivity contribution in [2.24, 2.45) is 0 Å². The van der Waals surface area contributed by atoms with Crippen LogP contribution in [-0.4, -0.2) is 27.1 Å². The predicted octanol–water partition coefficient (Wildman–Crippen LogP) is 2.12. The summed E-state index contributed by atoms with van der Waals surface area (Å²) in [5.41, 5.74) is 1.20. The number of hydrogen-bond donors (Lipinski definition) is 1. The Morgan fingerprint density at radius 2 is 1.94 bits per heavy atom. The first kappa shape index (κ1) is 13.7. The summed E-state index contributed by atoms with van der Waals surface area (Å²) in [5, 5.41) is 3.25. The Morgan fingerprint density at radius 1 is 1.25 bits per heavy atom. The number of halogens is 1. The highest BCUT2D eigenvalue weighted by Crippen LogP contribution is 2.10. The molecule has 0 saturated heterocycles. The summed E-state index contributed by atoms with van der Waals surface area (Å²) >= 11 is 1.83. The minimum absolute atomic E-state index is 0.209. The molecule has 0 spiro atoms. The topological polar surface area (TPSA) is 39.7 Å². The first-order valence-electron chi connectivity index (χ1n) is 4.94. The van der Waals surface area contributed by atoms with Crippen molar-refractivity contribution in [3.63, 3.8) is 0 Å². The molecular formula is C11H16INO3. The van der Waals surface area contributed by atoms with E-state index in [9.17, 15) is 0 Å². The van der Waals surface area contributed by atoms with E-state index in [1.54, 1.807) is 14.2 Å². The van der Waals surface area contributed by atoms with Gasteiger partial charge in [-0.25, -0.2) is 0 Å². The second-order valence-electron chi connectivity index (χ2n) is 3.23. The van der Waals surface area contributed by atoms with Crippen molar-refractivity contribution in [1.82, 2.24) is 5.32 Å². The molecule has 0 radical (unpaired) electrons. The van der Waals surface area contributed by atoms with Gasteiger partial charge in [-0.15, -0.1) is 0 Å². The van der Waals surface area contributed by atoms with E-state index in [0.717, 1.165) is 12.3 Å². The third kappa shape index (κ3) is 4.65. The molecule has 0 amide bonds. The molecule has 90 valence electrons. The van der Waals surface area contributed by atoms with Crippen LogP contribution in [0.4, 0.5) is 0 Å². The largest absolute Gasteiger partial charge is 0.497 e. The van der Waals surface area contributed by atoms with Gasteiger partial charge in [0.2, 0.25) is 0 Å². The second-order valence-corrected chi connectivity index (χ2v) is 3.74. The van der Waals surface area contributed by atoms with Gasteiger partial charge in [0, 0.05) is 20.2 Å². The maximum absolute atomic E-state index is 5.09. The van der Waals surface area contributed by atoms with Crippen molar-refractivity contribution in [3.05, 3.63) is 29.8 Å². The molecular weight excluding hydrogens is 321 g/mol. The van der Waals surface area contributed by atoms with Crippen LogP contribution in [0.15, 0.2) is 24.3 Å². The fraction of sp³-hybridized carbons (Fsp3) is 0.455. The third-order valence-corrected chi connectivity index (χ3v) is 2.73. The lowest BCUT2D eigenvalue weighted by atomic mass is 10.2. The maximum Gasteiger partial charge on any atom is 0.180 e. The standard InChI is InChI=1S/C11H16INO3/c1-14-10-5-3-9(4-6-10)7-13-8-11(15-2)16-12/h3-6,11,13H,7-8H2,1-2H3. The Labute approximate surface area is 110 Å². The molecule has 0 aliphatic rings. The molecule has 16 heavy (non-hydrogen) atoms. The number of methoxy groups -OCH3 is 2. The molecule has 5 heteroatoms. The Bertz CT molecular complexity index is 288. The van der Waals surface area contributed by atoms with Gasteiger partial charge in [-0.3, -0.25) is 3.07 Å². The average molecular weight is 337 g/mol. The Hall–Kier alpha value is -0.370. The minimum atomic E-state index is -0.209. The third-order valence-electron chi connectivity index (χ3n) is 2.16. The zero-order valence-electron chi connectivity index (χ0n) is 9.40. The number of ether oxygens (including phenoxy) is 2. The smallest absolute Gasteiger partial charge is 0.180 e. The predicted molar refractivity (Wildman–Crippen MR) is 70.6 cm³/mol. The lowest BCUT2D eigenvalue weighted by Gasteiger charge is -2.12. The van der Waals surface area contributed by atoms with Crippen LogP contribution >= 0.6 is 23.0 Å². The van der Waals surface area contributed by atoms with Gasteiger partial charge in [0.15, 0.2) is 6.29 Å². The van der Waals surface area contributed by atoms with Crippen LogP contribution in [0, 0.1) is 0 Å². The van der Waals surface area contributed by atoms with Gasteiger partial charge in [0.05, 0.1) is 7.11 Å². The molecule has 0 aromatic heterocycles. The molecule has 1 unspecified atom stereocenters. The highest BCUT2D eigenvalue weighted by atomic mass is 127. The number of benzene rings is 1. The maximum atomic E-state index is 5.09. The highest BCUT2D eigenvalue weighted by Gasteiger charge is 2.04. The normalized spacial score (nSPS) is 12.4. The lowest BCUT2D eigenvalue weighted by molar-refractivity contribution is -0.0225. The van der Waals surface area contributed by atoms with Crippen molar-refractivity contribution in [1.29, 1.82) is 0 Å². The zero-order chi connectivity index (χ0) is 11.8. The monoisotopic (exact) mass is 337 g/mol. The fourth-order valence-corrected chi connectivity index (χ4v) is 1.62. The summed E-state index contributed by atoms with van der Waals surface area (Å²) in [7, 11) is 3.28. The molecule has 0 saturated carbocycles. The summed E-state index contributed by atoms with van der Waals surface area (Å²) in [6.07, 6.45) is -0.209. The Kier molecular flexibility index (Phi) is 6.70. The average Bonchev–Trinajstić information content (AvgIpc) is 2.35. The first-order chi connectivity index (χ1) is 7.80. The van der Waals surface area contributed by atoms with Gasteiger partial charge in [-0.1, -0.05) is 12.1 Å². The Balaban J connectivity index is 2.31. The molecule has 1 N–H and O–H groups in total. The van der Waals surface area contributed by atoms with E-state index in [0.29, 0.717) is 6.54 Å². The van der Waals surface area contributed by atoms with Crippen LogP contribution in [0.5, 0.6) is 5.75 Å². The van der Waals surface area contributed by atoms with E-state index in [2.05, 4.69) is 5.32 Å². The molecule has 0 aliphatic carbocycles. The van der Waals surface area contributed by atoms with Gasteiger partial charge < -0.3 is 14.8 Å². The molecule has 1 aromatic carbocycles. The highest BCUT2D eigenvalue weighted by molar-refractivity contribution is 14.1. The quantitative estimate of drug-likeness (QED) is 0.611. The van der Waals surface area contributed by atoms with Crippen LogP contribution in [0.25, 0.3) is 0 Å². The molecule has 0 fully saturated rings. The SMILES string of the molecule is COc1ccc(CNCC(OC)OI)cc1. The van der Waals surface area contributed by atoms with E-state index >= 15 is 0 Å². The zero-order valence-corrected chi connectivity index (χ0v) is 11.6. The molecule has 1 aromatic rings. The van der Waals surface area contributed by atoms with Crippen LogP contribution in [0.2, 0.25) is 0 Å². The summed E-state index contributed by atoms with van der Waals surface area (Å²) in [6, 6.07) is 7.94. The minimum Gasteiger partial charge on any atom is -0.497 e. The molecule has 0 bridgehead atoms. The molecule has 1 rings (SSSR count). The van der Waals surface area contributed by atoms with Crippen molar-refractivity contribution >= 4 is 23.0 Å². The Morgan fingerprint density at radius 3 is 2.44 bits per heavy atom. The van der Waals surface area contributed by atoms with Crippen LogP contribution in [0.3, 0.4) is 0 Å². The van der Waals surface area contributed by atoms with Gasteiger partial charge >= 0.3 is 0 Å². The van der Waals surface area contributed by atoms with Crippen molar-refractivity contribution in [3.8, 4) is 5.75 Å². The summed E-state index contributed by atoms with van der Waals surface area (Å²) in [5.74, 6) is 0.870. The van der Waals surface area contributed by atoms with E-state index in [1.807, 2.05) is 47.3 Å². The summed E-state index contributed by atoms with van der Waals surface area (Å²) in [4.78, 5) is 0. The number of rotatable bonds is 7. The van der Waals surface area contributed by atoms with Gasteiger partial charge in [0.1, 0.15) is 28.8 Å². The second kappa shape index (κ2) is 7.83. The van der Waals surface area contributed by atoms with Crippen LogP contribution < -0.4 is 10.1 Å².